The van der Waals surface area contributed by atoms with Gasteiger partial charge < -0.3 is 5.32 Å². The normalized spacial score (nSPS) is 10.8. The zero-order valence-electron chi connectivity index (χ0n) is 11.5. The molecule has 4 nitrogen and oxygen atoms in total. The zero-order valence-corrected chi connectivity index (χ0v) is 13.8. The zero-order chi connectivity index (χ0) is 15.4. The highest BCUT2D eigenvalue weighted by molar-refractivity contribution is 7.99. The van der Waals surface area contributed by atoms with Crippen LogP contribution in [0.2, 0.25) is 5.02 Å². The van der Waals surface area contributed by atoms with Crippen molar-refractivity contribution >= 4 is 56.6 Å². The minimum absolute atomic E-state index is 0.0485. The number of nitrogens with zero attached hydrogens (tertiary/aromatic N) is 2. The largest absolute Gasteiger partial charge is 0.310 e. The molecule has 2 heterocycles. The first-order valence-corrected chi connectivity index (χ1v) is 8.83. The first-order valence-electron chi connectivity index (χ1n) is 6.59. The molecule has 0 aliphatic rings. The topological polar surface area (TPSA) is 54.9 Å². The molecule has 1 amide bonds. The Morgan fingerprint density at radius 1 is 1.23 bits per heavy atom. The Labute approximate surface area is 140 Å². The van der Waals surface area contributed by atoms with Gasteiger partial charge in [-0.15, -0.1) is 23.1 Å². The summed E-state index contributed by atoms with van der Waals surface area (Å²) in [7, 11) is 0. The number of thiophene rings is 1. The summed E-state index contributed by atoms with van der Waals surface area (Å²) in [4.78, 5) is 22.3. The Kier molecular flexibility index (Phi) is 4.92. The van der Waals surface area contributed by atoms with Crippen molar-refractivity contribution < 1.29 is 4.79 Å². The van der Waals surface area contributed by atoms with Gasteiger partial charge in [-0.25, -0.2) is 9.97 Å². The molecule has 112 valence electrons. The SMILES string of the molecule is O=C(CCSc1ccc(Cl)cc1)Nc1ncnc2sccc12. The van der Waals surface area contributed by atoms with E-state index >= 15 is 0 Å². The maximum atomic E-state index is 12.0. The molecule has 2 aromatic heterocycles. The third kappa shape index (κ3) is 3.76. The molecule has 1 aromatic carbocycles. The van der Waals surface area contributed by atoms with Crippen LogP contribution in [-0.4, -0.2) is 21.6 Å². The molecule has 0 atom stereocenters. The van der Waals surface area contributed by atoms with Crippen LogP contribution in [0.15, 0.2) is 46.9 Å². The first-order chi connectivity index (χ1) is 10.7. The molecule has 7 heteroatoms. The molecule has 0 spiro atoms. The van der Waals surface area contributed by atoms with Crippen LogP contribution >= 0.6 is 34.7 Å². The average Bonchev–Trinajstić information content (AvgIpc) is 2.99. The van der Waals surface area contributed by atoms with Gasteiger partial charge in [-0.1, -0.05) is 11.6 Å². The number of anilines is 1. The van der Waals surface area contributed by atoms with Gasteiger partial charge in [0.25, 0.3) is 0 Å². The van der Waals surface area contributed by atoms with Crippen LogP contribution in [0.5, 0.6) is 0 Å². The van der Waals surface area contributed by atoms with Gasteiger partial charge in [0.15, 0.2) is 0 Å². The Morgan fingerprint density at radius 2 is 2.05 bits per heavy atom. The summed E-state index contributed by atoms with van der Waals surface area (Å²) in [6.45, 7) is 0. The molecule has 0 bridgehead atoms. The minimum Gasteiger partial charge on any atom is -0.310 e. The number of nitrogens with one attached hydrogen (secondary N) is 1. The molecule has 0 saturated carbocycles. The number of fused-ring (bicyclic) bond motifs is 1. The van der Waals surface area contributed by atoms with Crippen molar-refractivity contribution in [2.24, 2.45) is 0 Å². The number of thioether (sulfide) groups is 1. The highest BCUT2D eigenvalue weighted by Gasteiger charge is 2.08. The molecule has 0 unspecified atom stereocenters. The quantitative estimate of drug-likeness (QED) is 0.691. The summed E-state index contributed by atoms with van der Waals surface area (Å²) in [6.07, 6.45) is 1.89. The number of carbonyl (C=O) groups excluding carboxylic acids is 1. The van der Waals surface area contributed by atoms with Gasteiger partial charge in [0.1, 0.15) is 17.0 Å². The van der Waals surface area contributed by atoms with E-state index in [-0.39, 0.29) is 5.91 Å². The molecular formula is C15H12ClN3OS2. The molecule has 0 fully saturated rings. The maximum Gasteiger partial charge on any atom is 0.226 e. The lowest BCUT2D eigenvalue weighted by Crippen LogP contribution is -2.13. The van der Waals surface area contributed by atoms with Crippen LogP contribution in [0.25, 0.3) is 10.2 Å². The molecule has 0 aliphatic carbocycles. The molecule has 3 aromatic rings. The summed E-state index contributed by atoms with van der Waals surface area (Å²) in [6, 6.07) is 9.50. The Hall–Kier alpha value is -1.63. The van der Waals surface area contributed by atoms with Gasteiger partial charge in [0, 0.05) is 22.1 Å². The highest BCUT2D eigenvalue weighted by Crippen LogP contribution is 2.24. The van der Waals surface area contributed by atoms with E-state index in [0.717, 1.165) is 15.1 Å². The molecule has 0 saturated heterocycles. The number of hydrogen-bond acceptors (Lipinski definition) is 5. The van der Waals surface area contributed by atoms with Crippen molar-refractivity contribution in [2.45, 2.75) is 11.3 Å². The lowest BCUT2D eigenvalue weighted by molar-refractivity contribution is -0.115. The summed E-state index contributed by atoms with van der Waals surface area (Å²) in [5, 5.41) is 6.38. The predicted molar refractivity (Wildman–Crippen MR) is 92.8 cm³/mol. The Bertz CT molecular complexity index is 789. The maximum absolute atomic E-state index is 12.0. The Balaban J connectivity index is 1.54. The van der Waals surface area contributed by atoms with E-state index in [1.165, 1.54) is 17.7 Å². The van der Waals surface area contributed by atoms with Crippen LogP contribution in [0.3, 0.4) is 0 Å². The van der Waals surface area contributed by atoms with Crippen molar-refractivity contribution in [3.63, 3.8) is 0 Å². The molecular weight excluding hydrogens is 338 g/mol. The lowest BCUT2D eigenvalue weighted by atomic mass is 10.3. The number of aromatic nitrogens is 2. The van der Waals surface area contributed by atoms with Gasteiger partial charge >= 0.3 is 0 Å². The lowest BCUT2D eigenvalue weighted by Gasteiger charge is -2.05. The summed E-state index contributed by atoms with van der Waals surface area (Å²) in [5.41, 5.74) is 0. The monoisotopic (exact) mass is 349 g/mol. The fourth-order valence-electron chi connectivity index (χ4n) is 1.88. The van der Waals surface area contributed by atoms with Crippen molar-refractivity contribution in [1.29, 1.82) is 0 Å². The van der Waals surface area contributed by atoms with Crippen LogP contribution in [0.1, 0.15) is 6.42 Å². The van der Waals surface area contributed by atoms with Gasteiger partial charge in [-0.05, 0) is 35.7 Å². The van der Waals surface area contributed by atoms with Crippen LogP contribution in [0, 0.1) is 0 Å². The van der Waals surface area contributed by atoms with E-state index in [0.29, 0.717) is 23.0 Å². The van der Waals surface area contributed by atoms with Crippen molar-refractivity contribution in [1.82, 2.24) is 9.97 Å². The third-order valence-electron chi connectivity index (χ3n) is 2.93. The predicted octanol–water partition coefficient (Wildman–Crippen LogP) is 4.47. The number of rotatable bonds is 5. The van der Waals surface area contributed by atoms with Gasteiger partial charge in [-0.3, -0.25) is 4.79 Å². The second kappa shape index (κ2) is 7.09. The molecule has 0 aliphatic heterocycles. The minimum atomic E-state index is -0.0485. The van der Waals surface area contributed by atoms with E-state index in [4.69, 9.17) is 11.6 Å². The second-order valence-corrected chi connectivity index (χ2v) is 6.96. The molecule has 22 heavy (non-hydrogen) atoms. The molecule has 3 rings (SSSR count). The van der Waals surface area contributed by atoms with Gasteiger partial charge in [0.05, 0.1) is 5.39 Å². The Morgan fingerprint density at radius 3 is 2.86 bits per heavy atom. The second-order valence-electron chi connectivity index (χ2n) is 4.46. The summed E-state index contributed by atoms with van der Waals surface area (Å²) >= 11 is 8.99. The number of amides is 1. The summed E-state index contributed by atoms with van der Waals surface area (Å²) in [5.74, 6) is 1.23. The first kappa shape index (κ1) is 15.3. The number of halogens is 1. The summed E-state index contributed by atoms with van der Waals surface area (Å²) < 4.78 is 0. The van der Waals surface area contributed by atoms with Crippen molar-refractivity contribution in [2.75, 3.05) is 11.1 Å². The van der Waals surface area contributed by atoms with E-state index in [1.54, 1.807) is 11.8 Å². The number of benzene rings is 1. The fraction of sp³-hybridized carbons (Fsp3) is 0.133. The number of carbonyl (C=O) groups is 1. The standard InChI is InChI=1S/C15H12ClN3OS2/c16-10-1-3-11(4-2-10)21-8-6-13(20)19-14-12-5-7-22-15(12)18-9-17-14/h1-5,7,9H,6,8H2,(H,17,18,19,20). The van der Waals surface area contributed by atoms with Gasteiger partial charge in [-0.2, -0.15) is 0 Å². The molecule has 0 radical (unpaired) electrons. The van der Waals surface area contributed by atoms with E-state index in [1.807, 2.05) is 35.7 Å². The molecule has 1 N–H and O–H groups in total. The van der Waals surface area contributed by atoms with E-state index < -0.39 is 0 Å². The average molecular weight is 350 g/mol. The van der Waals surface area contributed by atoms with Crippen LogP contribution in [-0.2, 0) is 4.79 Å². The van der Waals surface area contributed by atoms with Crippen molar-refractivity contribution in [3.8, 4) is 0 Å². The smallest absolute Gasteiger partial charge is 0.226 e. The third-order valence-corrected chi connectivity index (χ3v) is 5.02. The van der Waals surface area contributed by atoms with E-state index in [2.05, 4.69) is 15.3 Å². The van der Waals surface area contributed by atoms with Crippen molar-refractivity contribution in [3.05, 3.63) is 47.1 Å². The van der Waals surface area contributed by atoms with E-state index in [9.17, 15) is 4.79 Å². The van der Waals surface area contributed by atoms with Crippen LogP contribution < -0.4 is 5.32 Å². The highest BCUT2D eigenvalue weighted by atomic mass is 35.5. The van der Waals surface area contributed by atoms with Gasteiger partial charge in [0.2, 0.25) is 5.91 Å². The number of hydrogen-bond donors (Lipinski definition) is 1. The van der Waals surface area contributed by atoms with Crippen LogP contribution in [0.4, 0.5) is 5.82 Å². The fourth-order valence-corrected chi connectivity index (χ4v) is 3.59.